The summed E-state index contributed by atoms with van der Waals surface area (Å²) in [5, 5.41) is 3.91. The van der Waals surface area contributed by atoms with Crippen LogP contribution >= 0.6 is 11.3 Å². The third-order valence-electron chi connectivity index (χ3n) is 2.05. The summed E-state index contributed by atoms with van der Waals surface area (Å²) in [7, 11) is 0. The Bertz CT molecular complexity index is 335. The maximum absolute atomic E-state index is 11.1. The van der Waals surface area contributed by atoms with Gasteiger partial charge in [0.05, 0.1) is 10.7 Å². The molecule has 5 heteroatoms. The fourth-order valence-corrected chi connectivity index (χ4v) is 2.28. The molecule has 0 aliphatic heterocycles. The molecule has 0 radical (unpaired) electrons. The molecule has 0 unspecified atom stereocenters. The Morgan fingerprint density at radius 2 is 2.27 bits per heavy atom. The van der Waals surface area contributed by atoms with Crippen molar-refractivity contribution in [3.8, 4) is 0 Å². The van der Waals surface area contributed by atoms with Crippen molar-refractivity contribution in [1.82, 2.24) is 10.3 Å². The largest absolute Gasteiger partial charge is 0.356 e. The van der Waals surface area contributed by atoms with Gasteiger partial charge in [-0.2, -0.15) is 0 Å². The lowest BCUT2D eigenvalue weighted by atomic mass is 10.3. The van der Waals surface area contributed by atoms with Crippen LogP contribution in [0.3, 0.4) is 0 Å². The minimum atomic E-state index is 0.0244. The number of hydrogen-bond acceptors (Lipinski definition) is 4. The first-order chi connectivity index (χ1) is 7.13. The summed E-state index contributed by atoms with van der Waals surface area (Å²) in [6.07, 6.45) is 1.26. The maximum Gasteiger partial charge on any atom is 0.221 e. The Kier molecular flexibility index (Phi) is 4.71. The van der Waals surface area contributed by atoms with Crippen LogP contribution in [0, 0.1) is 13.8 Å². The van der Waals surface area contributed by atoms with Crippen LogP contribution in [0.4, 0.5) is 0 Å². The summed E-state index contributed by atoms with van der Waals surface area (Å²) in [6.45, 7) is 5.07. The van der Waals surface area contributed by atoms with E-state index in [4.69, 9.17) is 5.73 Å². The fraction of sp³-hybridized carbons (Fsp3) is 0.600. The van der Waals surface area contributed by atoms with Gasteiger partial charge in [0.1, 0.15) is 0 Å². The molecule has 1 amide bonds. The number of rotatable bonds is 5. The highest BCUT2D eigenvalue weighted by atomic mass is 32.1. The van der Waals surface area contributed by atoms with Crippen molar-refractivity contribution < 1.29 is 4.79 Å². The molecule has 0 aliphatic carbocycles. The third kappa shape index (κ3) is 3.97. The van der Waals surface area contributed by atoms with E-state index in [0.717, 1.165) is 17.1 Å². The van der Waals surface area contributed by atoms with Gasteiger partial charge in [0, 0.05) is 30.8 Å². The van der Waals surface area contributed by atoms with Gasteiger partial charge in [0.15, 0.2) is 0 Å². The van der Waals surface area contributed by atoms with E-state index in [1.54, 1.807) is 11.3 Å². The average Bonchev–Trinajstić information content (AvgIpc) is 2.46. The first-order valence-electron chi connectivity index (χ1n) is 5.03. The lowest BCUT2D eigenvalue weighted by molar-refractivity contribution is -0.120. The van der Waals surface area contributed by atoms with E-state index >= 15 is 0 Å². The van der Waals surface area contributed by atoms with Gasteiger partial charge in [-0.1, -0.05) is 0 Å². The molecule has 1 aromatic heterocycles. The molecule has 0 aromatic carbocycles. The van der Waals surface area contributed by atoms with Gasteiger partial charge >= 0.3 is 0 Å². The van der Waals surface area contributed by atoms with E-state index in [1.165, 1.54) is 4.88 Å². The number of amides is 1. The molecule has 0 atom stereocenters. The van der Waals surface area contributed by atoms with Crippen molar-refractivity contribution >= 4 is 17.2 Å². The molecule has 0 aliphatic rings. The number of hydrogen-bond donors (Lipinski definition) is 2. The summed E-state index contributed by atoms with van der Waals surface area (Å²) < 4.78 is 0. The van der Waals surface area contributed by atoms with Crippen LogP contribution in [0.5, 0.6) is 0 Å². The van der Waals surface area contributed by atoms with E-state index < -0.39 is 0 Å². The van der Waals surface area contributed by atoms with Crippen LogP contribution in [0.15, 0.2) is 0 Å². The minimum Gasteiger partial charge on any atom is -0.356 e. The molecule has 0 spiro atoms. The molecule has 15 heavy (non-hydrogen) atoms. The lowest BCUT2D eigenvalue weighted by Crippen LogP contribution is -2.27. The van der Waals surface area contributed by atoms with Gasteiger partial charge in [-0.3, -0.25) is 4.79 Å². The van der Waals surface area contributed by atoms with E-state index in [2.05, 4.69) is 10.3 Å². The molecule has 3 N–H and O–H groups in total. The maximum atomic E-state index is 11.1. The zero-order chi connectivity index (χ0) is 11.3. The summed E-state index contributed by atoms with van der Waals surface area (Å²) in [6, 6.07) is 0. The van der Waals surface area contributed by atoms with Crippen LogP contribution in [0.1, 0.15) is 22.0 Å². The van der Waals surface area contributed by atoms with E-state index in [0.29, 0.717) is 19.5 Å². The normalized spacial score (nSPS) is 10.3. The van der Waals surface area contributed by atoms with Crippen LogP contribution in [0.25, 0.3) is 0 Å². The fourth-order valence-electron chi connectivity index (χ4n) is 1.34. The monoisotopic (exact) mass is 227 g/mol. The van der Waals surface area contributed by atoms with Crippen molar-refractivity contribution in [2.45, 2.75) is 26.7 Å². The van der Waals surface area contributed by atoms with Gasteiger partial charge in [0.2, 0.25) is 5.91 Å². The molecule has 0 saturated carbocycles. The topological polar surface area (TPSA) is 68.0 Å². The summed E-state index contributed by atoms with van der Waals surface area (Å²) in [4.78, 5) is 16.7. The highest BCUT2D eigenvalue weighted by Gasteiger charge is 2.05. The predicted octanol–water partition coefficient (Wildman–Crippen LogP) is 0.767. The van der Waals surface area contributed by atoms with Crippen molar-refractivity contribution in [3.05, 3.63) is 15.6 Å². The Hall–Kier alpha value is -0.940. The van der Waals surface area contributed by atoms with E-state index in [1.807, 2.05) is 13.8 Å². The summed E-state index contributed by atoms with van der Waals surface area (Å²) >= 11 is 1.69. The molecular formula is C10H17N3OS. The average molecular weight is 227 g/mol. The lowest BCUT2D eigenvalue weighted by Gasteiger charge is -2.02. The first-order valence-corrected chi connectivity index (χ1v) is 5.84. The summed E-state index contributed by atoms with van der Waals surface area (Å²) in [5.74, 6) is 0.0244. The number of carbonyl (C=O) groups excluding carboxylic acids is 1. The zero-order valence-corrected chi connectivity index (χ0v) is 9.99. The Morgan fingerprint density at radius 3 is 2.80 bits per heavy atom. The Labute approximate surface area is 93.9 Å². The molecular weight excluding hydrogens is 210 g/mol. The number of nitrogens with two attached hydrogens (primary N) is 1. The third-order valence-corrected chi connectivity index (χ3v) is 3.18. The Balaban J connectivity index is 2.31. The zero-order valence-electron chi connectivity index (χ0n) is 9.17. The number of nitrogens with zero attached hydrogens (tertiary/aromatic N) is 1. The number of thiazole rings is 1. The van der Waals surface area contributed by atoms with Crippen molar-refractivity contribution in [2.75, 3.05) is 13.1 Å². The van der Waals surface area contributed by atoms with Gasteiger partial charge in [-0.05, 0) is 13.8 Å². The molecule has 1 heterocycles. The smallest absolute Gasteiger partial charge is 0.221 e. The second kappa shape index (κ2) is 5.82. The predicted molar refractivity (Wildman–Crippen MR) is 62.0 cm³/mol. The second-order valence-electron chi connectivity index (χ2n) is 3.38. The van der Waals surface area contributed by atoms with Crippen LogP contribution < -0.4 is 11.1 Å². The minimum absolute atomic E-state index is 0.0244. The quantitative estimate of drug-likeness (QED) is 0.780. The first kappa shape index (κ1) is 12.1. The van der Waals surface area contributed by atoms with Gasteiger partial charge in [-0.15, -0.1) is 11.3 Å². The Morgan fingerprint density at radius 1 is 1.53 bits per heavy atom. The number of aromatic nitrogens is 1. The molecule has 1 aromatic rings. The number of carbonyl (C=O) groups is 1. The molecule has 84 valence electrons. The van der Waals surface area contributed by atoms with E-state index in [9.17, 15) is 4.79 Å². The van der Waals surface area contributed by atoms with Crippen molar-refractivity contribution in [3.63, 3.8) is 0 Å². The number of nitrogens with one attached hydrogen (secondary N) is 1. The molecule has 1 rings (SSSR count). The molecule has 0 bridgehead atoms. The SMILES string of the molecule is Cc1nc(C)c(CCNC(=O)CCN)s1. The standard InChI is InChI=1S/C10H17N3OS/c1-7-9(15-8(2)13-7)4-6-12-10(14)3-5-11/h3-6,11H2,1-2H3,(H,12,14). The molecule has 4 nitrogen and oxygen atoms in total. The molecule has 0 saturated heterocycles. The van der Waals surface area contributed by atoms with Gasteiger partial charge < -0.3 is 11.1 Å². The molecule has 0 fully saturated rings. The van der Waals surface area contributed by atoms with Gasteiger partial charge in [-0.25, -0.2) is 4.98 Å². The van der Waals surface area contributed by atoms with Crippen LogP contribution in [-0.2, 0) is 11.2 Å². The van der Waals surface area contributed by atoms with E-state index in [-0.39, 0.29) is 5.91 Å². The van der Waals surface area contributed by atoms with Crippen LogP contribution in [-0.4, -0.2) is 24.0 Å². The highest BCUT2D eigenvalue weighted by molar-refractivity contribution is 7.11. The second-order valence-corrected chi connectivity index (χ2v) is 4.67. The number of aryl methyl sites for hydroxylation is 2. The van der Waals surface area contributed by atoms with Crippen LogP contribution in [0.2, 0.25) is 0 Å². The summed E-state index contributed by atoms with van der Waals surface area (Å²) in [5.41, 5.74) is 6.35. The van der Waals surface area contributed by atoms with Crippen molar-refractivity contribution in [2.24, 2.45) is 5.73 Å². The highest BCUT2D eigenvalue weighted by Crippen LogP contribution is 2.16. The van der Waals surface area contributed by atoms with Crippen molar-refractivity contribution in [1.29, 1.82) is 0 Å². The van der Waals surface area contributed by atoms with Gasteiger partial charge in [0.25, 0.3) is 0 Å².